The summed E-state index contributed by atoms with van der Waals surface area (Å²) in [5, 5.41) is 11.8. The second kappa shape index (κ2) is 8.29. The summed E-state index contributed by atoms with van der Waals surface area (Å²) in [5.74, 6) is 0.287. The van der Waals surface area contributed by atoms with E-state index in [1.54, 1.807) is 16.8 Å². The molecule has 1 aliphatic heterocycles. The van der Waals surface area contributed by atoms with Crippen LogP contribution >= 0.6 is 23.2 Å². The molecule has 3 aromatic rings. The molecule has 0 unspecified atom stereocenters. The molecule has 0 bridgehead atoms. The fourth-order valence-electron chi connectivity index (χ4n) is 4.72. The number of carbonyl (C=O) groups excluding carboxylic acids is 2. The minimum Gasteiger partial charge on any atom is -0.343 e. The van der Waals surface area contributed by atoms with Crippen molar-refractivity contribution < 1.29 is 9.59 Å². The lowest BCUT2D eigenvalue weighted by atomic mass is 9.73. The van der Waals surface area contributed by atoms with Crippen molar-refractivity contribution in [2.75, 3.05) is 10.6 Å². The van der Waals surface area contributed by atoms with Gasteiger partial charge in [-0.15, -0.1) is 0 Å². The Kier molecular flexibility index (Phi) is 5.53. The first-order valence-corrected chi connectivity index (χ1v) is 11.8. The summed E-state index contributed by atoms with van der Waals surface area (Å²) in [6, 6.07) is 12.3. The summed E-state index contributed by atoms with van der Waals surface area (Å²) in [6.07, 6.45) is 2.61. The van der Waals surface area contributed by atoms with Crippen molar-refractivity contribution in [2.45, 2.75) is 39.7 Å². The summed E-state index contributed by atoms with van der Waals surface area (Å²) in [6.45, 7) is 6.12. The van der Waals surface area contributed by atoms with E-state index in [0.717, 1.165) is 11.3 Å². The van der Waals surface area contributed by atoms with Gasteiger partial charge in [0.15, 0.2) is 5.78 Å². The van der Waals surface area contributed by atoms with Crippen LogP contribution < -0.4 is 10.6 Å². The first kappa shape index (κ1) is 22.7. The molecule has 8 heteroatoms. The number of anilines is 2. The monoisotopic (exact) mass is 494 g/mol. The van der Waals surface area contributed by atoms with Gasteiger partial charge in [-0.05, 0) is 43.0 Å². The van der Waals surface area contributed by atoms with Crippen LogP contribution in [0, 0.1) is 12.3 Å². The Morgan fingerprint density at radius 1 is 1.15 bits per heavy atom. The van der Waals surface area contributed by atoms with Crippen molar-refractivity contribution >= 4 is 46.4 Å². The molecule has 5 rings (SSSR count). The number of hydrogen-bond acceptors (Lipinski definition) is 4. The zero-order valence-corrected chi connectivity index (χ0v) is 20.6. The van der Waals surface area contributed by atoms with E-state index in [0.29, 0.717) is 51.1 Å². The van der Waals surface area contributed by atoms with E-state index in [9.17, 15) is 9.59 Å². The molecule has 2 aliphatic rings. The number of aryl methyl sites for hydroxylation is 1. The van der Waals surface area contributed by atoms with Crippen LogP contribution in [0.2, 0.25) is 10.0 Å². The summed E-state index contributed by atoms with van der Waals surface area (Å²) in [7, 11) is 0. The highest BCUT2D eigenvalue weighted by atomic mass is 35.5. The topological polar surface area (TPSA) is 76.0 Å². The summed E-state index contributed by atoms with van der Waals surface area (Å²) in [4.78, 5) is 26.5. The number of nitrogens with one attached hydrogen (secondary N) is 2. The van der Waals surface area contributed by atoms with Gasteiger partial charge in [0.2, 0.25) is 0 Å². The van der Waals surface area contributed by atoms with Gasteiger partial charge in [-0.2, -0.15) is 5.10 Å². The fourth-order valence-corrected chi connectivity index (χ4v) is 5.24. The minimum atomic E-state index is -0.555. The maximum Gasteiger partial charge on any atom is 0.261 e. The summed E-state index contributed by atoms with van der Waals surface area (Å²) in [5.41, 5.74) is 4.12. The molecule has 6 nitrogen and oxygen atoms in total. The third kappa shape index (κ3) is 4.01. The van der Waals surface area contributed by atoms with Crippen molar-refractivity contribution in [3.05, 3.63) is 86.7 Å². The average molecular weight is 495 g/mol. The second-order valence-corrected chi connectivity index (χ2v) is 10.5. The molecule has 1 aromatic heterocycles. The first-order chi connectivity index (χ1) is 16.1. The molecule has 1 amide bonds. The number of nitrogens with zero attached hydrogens (tertiary/aromatic N) is 2. The maximum absolute atomic E-state index is 13.3. The quantitative estimate of drug-likeness (QED) is 0.441. The van der Waals surface area contributed by atoms with Gasteiger partial charge in [0.05, 0.1) is 6.20 Å². The van der Waals surface area contributed by atoms with Crippen LogP contribution in [0.15, 0.2) is 59.9 Å². The predicted molar refractivity (Wildman–Crippen MR) is 135 cm³/mol. The van der Waals surface area contributed by atoms with Crippen LogP contribution in [-0.2, 0) is 4.79 Å². The van der Waals surface area contributed by atoms with Crippen LogP contribution in [0.25, 0.3) is 0 Å². The Hall–Kier alpha value is -3.09. The van der Waals surface area contributed by atoms with E-state index in [2.05, 4.69) is 29.6 Å². The van der Waals surface area contributed by atoms with E-state index in [1.165, 1.54) is 6.20 Å². The van der Waals surface area contributed by atoms with Crippen molar-refractivity contribution in [1.29, 1.82) is 0 Å². The van der Waals surface area contributed by atoms with Gasteiger partial charge in [-0.1, -0.05) is 60.8 Å². The number of rotatable bonds is 3. The van der Waals surface area contributed by atoms with Crippen molar-refractivity contribution in [1.82, 2.24) is 9.78 Å². The van der Waals surface area contributed by atoms with Crippen LogP contribution in [0.4, 0.5) is 11.5 Å². The second-order valence-electron chi connectivity index (χ2n) is 9.70. The van der Waals surface area contributed by atoms with E-state index in [-0.39, 0.29) is 17.1 Å². The smallest absolute Gasteiger partial charge is 0.261 e. The maximum atomic E-state index is 13.3. The van der Waals surface area contributed by atoms with Gasteiger partial charge in [-0.3, -0.25) is 9.59 Å². The van der Waals surface area contributed by atoms with Gasteiger partial charge in [-0.25, -0.2) is 4.68 Å². The number of allylic oxidation sites excluding steroid dienone is 2. The lowest BCUT2D eigenvalue weighted by molar-refractivity contribution is -0.118. The lowest BCUT2D eigenvalue weighted by Crippen LogP contribution is -2.37. The Balaban J connectivity index is 1.61. The van der Waals surface area contributed by atoms with Gasteiger partial charge in [0.25, 0.3) is 5.91 Å². The molecule has 1 aliphatic carbocycles. The van der Waals surface area contributed by atoms with E-state index in [4.69, 9.17) is 23.2 Å². The Labute approximate surface area is 207 Å². The molecule has 2 aromatic carbocycles. The number of ketones is 1. The average Bonchev–Trinajstić information content (AvgIpc) is 3.17. The normalized spacial score (nSPS) is 18.7. The van der Waals surface area contributed by atoms with Gasteiger partial charge in [0, 0.05) is 39.0 Å². The van der Waals surface area contributed by atoms with Crippen molar-refractivity contribution in [3.63, 3.8) is 0 Å². The highest BCUT2D eigenvalue weighted by Gasteiger charge is 2.42. The van der Waals surface area contributed by atoms with E-state index in [1.807, 2.05) is 37.3 Å². The molecule has 0 saturated heterocycles. The van der Waals surface area contributed by atoms with Gasteiger partial charge in [0.1, 0.15) is 17.4 Å². The first-order valence-electron chi connectivity index (χ1n) is 11.1. The van der Waals surface area contributed by atoms with E-state index >= 15 is 0 Å². The number of aromatic nitrogens is 2. The fraction of sp³-hybridized carbons (Fsp3) is 0.269. The highest BCUT2D eigenvalue weighted by Crippen LogP contribution is 2.47. The summed E-state index contributed by atoms with van der Waals surface area (Å²) >= 11 is 12.7. The number of benzene rings is 2. The molecule has 1 atom stereocenters. The SMILES string of the molecule is Cc1ccc(NC(=O)c2cnn3c2NC2=C(C(=O)CC(C)(C)C2)[C@H]3c2ccc(Cl)cc2Cl)cc1. The molecule has 34 heavy (non-hydrogen) atoms. The minimum absolute atomic E-state index is 0.0431. The van der Waals surface area contributed by atoms with Crippen LogP contribution in [0.1, 0.15) is 54.2 Å². The standard InChI is InChI=1S/C26H24Cl2N4O2/c1-14-4-7-16(8-5-14)30-25(34)18-13-29-32-23(17-9-6-15(27)10-19(17)28)22-20(31-24(18)32)11-26(2,3)12-21(22)33/h4-10,13,23,31H,11-12H2,1-3H3,(H,30,34)/t23-/m1/s1. The summed E-state index contributed by atoms with van der Waals surface area (Å²) < 4.78 is 1.67. The zero-order valence-electron chi connectivity index (χ0n) is 19.1. The largest absolute Gasteiger partial charge is 0.343 e. The zero-order chi connectivity index (χ0) is 24.2. The lowest BCUT2D eigenvalue weighted by Gasteiger charge is -2.39. The van der Waals surface area contributed by atoms with Crippen LogP contribution in [0.5, 0.6) is 0 Å². The Bertz CT molecular complexity index is 1360. The highest BCUT2D eigenvalue weighted by molar-refractivity contribution is 6.35. The van der Waals surface area contributed by atoms with Crippen molar-refractivity contribution in [3.8, 4) is 0 Å². The van der Waals surface area contributed by atoms with Gasteiger partial charge < -0.3 is 10.6 Å². The molecular weight excluding hydrogens is 471 g/mol. The predicted octanol–water partition coefficient (Wildman–Crippen LogP) is 6.41. The number of Topliss-reactive ketones (excluding diaryl/α,β-unsaturated/α-hetero) is 1. The number of hydrogen-bond donors (Lipinski definition) is 2. The number of fused-ring (bicyclic) bond motifs is 1. The molecule has 0 fully saturated rings. The van der Waals surface area contributed by atoms with Crippen LogP contribution in [-0.4, -0.2) is 21.5 Å². The van der Waals surface area contributed by atoms with Gasteiger partial charge >= 0.3 is 0 Å². The van der Waals surface area contributed by atoms with Crippen molar-refractivity contribution in [2.24, 2.45) is 5.41 Å². The molecule has 0 saturated carbocycles. The number of carbonyl (C=O) groups is 2. The number of halogens is 2. The molecular formula is C26H24Cl2N4O2. The Morgan fingerprint density at radius 2 is 1.88 bits per heavy atom. The molecule has 2 heterocycles. The van der Waals surface area contributed by atoms with Crippen LogP contribution in [0.3, 0.4) is 0 Å². The molecule has 174 valence electrons. The molecule has 0 radical (unpaired) electrons. The molecule has 0 spiro atoms. The third-order valence-electron chi connectivity index (χ3n) is 6.31. The molecule has 2 N–H and O–H groups in total. The van der Waals surface area contributed by atoms with E-state index < -0.39 is 6.04 Å². The Morgan fingerprint density at radius 3 is 2.59 bits per heavy atom. The third-order valence-corrected chi connectivity index (χ3v) is 6.88. The number of amides is 1.